The molecule has 1 heterocycles. The minimum atomic E-state index is -0.269. The van der Waals surface area contributed by atoms with Gasteiger partial charge in [-0.25, -0.2) is 4.39 Å². The lowest BCUT2D eigenvalue weighted by atomic mass is 9.94. The predicted octanol–water partition coefficient (Wildman–Crippen LogP) is 5.19. The zero-order chi connectivity index (χ0) is 20.3. The number of benzene rings is 2. The number of nitrogens with one attached hydrogen (secondary N) is 1. The highest BCUT2D eigenvalue weighted by atomic mass is 35.5. The van der Waals surface area contributed by atoms with Gasteiger partial charge < -0.3 is 5.32 Å². The van der Waals surface area contributed by atoms with E-state index in [9.17, 15) is 9.18 Å². The molecule has 1 aliphatic rings. The van der Waals surface area contributed by atoms with Crippen LogP contribution in [0.4, 0.5) is 4.39 Å². The molecule has 0 bridgehead atoms. The third-order valence-electron chi connectivity index (χ3n) is 5.79. The first-order valence-electron chi connectivity index (χ1n) is 9.88. The molecule has 0 spiro atoms. The minimum absolute atomic E-state index is 0.00124. The van der Waals surface area contributed by atoms with Gasteiger partial charge in [0.2, 0.25) is 5.91 Å². The van der Waals surface area contributed by atoms with Gasteiger partial charge in [-0.1, -0.05) is 35.9 Å². The number of halogens is 2. The van der Waals surface area contributed by atoms with Crippen molar-refractivity contribution in [3.8, 4) is 0 Å². The smallest absolute Gasteiger partial charge is 0.223 e. The number of carbonyl (C=O) groups excluding carboxylic acids is 1. The molecular weight excluding hydrogens is 375 g/mol. The predicted molar refractivity (Wildman–Crippen MR) is 112 cm³/mol. The summed E-state index contributed by atoms with van der Waals surface area (Å²) in [7, 11) is 0. The van der Waals surface area contributed by atoms with Gasteiger partial charge in [0.1, 0.15) is 5.82 Å². The second-order valence-electron chi connectivity index (χ2n) is 7.82. The van der Waals surface area contributed by atoms with E-state index >= 15 is 0 Å². The second-order valence-corrected chi connectivity index (χ2v) is 8.23. The molecule has 150 valence electrons. The first-order chi connectivity index (χ1) is 13.3. The van der Waals surface area contributed by atoms with Crippen LogP contribution in [0, 0.1) is 25.6 Å². The molecule has 1 fully saturated rings. The number of amides is 1. The summed E-state index contributed by atoms with van der Waals surface area (Å²) in [6.45, 7) is 8.22. The molecule has 0 radical (unpaired) electrons. The molecule has 1 saturated heterocycles. The van der Waals surface area contributed by atoms with Crippen molar-refractivity contribution in [1.29, 1.82) is 0 Å². The van der Waals surface area contributed by atoms with E-state index in [1.165, 1.54) is 17.2 Å². The van der Waals surface area contributed by atoms with Crippen molar-refractivity contribution >= 4 is 17.5 Å². The first kappa shape index (κ1) is 20.8. The fourth-order valence-corrected chi connectivity index (χ4v) is 3.93. The average Bonchev–Trinajstić information content (AvgIpc) is 2.67. The van der Waals surface area contributed by atoms with Gasteiger partial charge in [0, 0.05) is 23.0 Å². The Morgan fingerprint density at radius 1 is 1.21 bits per heavy atom. The number of hydrogen-bond donors (Lipinski definition) is 1. The monoisotopic (exact) mass is 402 g/mol. The van der Waals surface area contributed by atoms with Crippen LogP contribution in [0.25, 0.3) is 0 Å². The summed E-state index contributed by atoms with van der Waals surface area (Å²) in [6.07, 6.45) is 1.55. The van der Waals surface area contributed by atoms with Crippen molar-refractivity contribution in [2.45, 2.75) is 46.2 Å². The maximum absolute atomic E-state index is 14.0. The zero-order valence-electron chi connectivity index (χ0n) is 16.8. The molecule has 5 heteroatoms. The van der Waals surface area contributed by atoms with Crippen molar-refractivity contribution in [1.82, 2.24) is 10.2 Å². The highest BCUT2D eigenvalue weighted by Gasteiger charge is 2.26. The third-order valence-corrected chi connectivity index (χ3v) is 6.15. The van der Waals surface area contributed by atoms with Gasteiger partial charge in [0.15, 0.2) is 0 Å². The molecule has 0 unspecified atom stereocenters. The Hall–Kier alpha value is -1.91. The second kappa shape index (κ2) is 9.06. The number of carbonyl (C=O) groups is 1. The molecule has 0 saturated carbocycles. The lowest BCUT2D eigenvalue weighted by molar-refractivity contribution is -0.127. The number of piperidine rings is 1. The Morgan fingerprint density at radius 2 is 1.93 bits per heavy atom. The number of aryl methyl sites for hydroxylation is 2. The summed E-state index contributed by atoms with van der Waals surface area (Å²) in [5.74, 6) is -0.162. The number of rotatable bonds is 5. The van der Waals surface area contributed by atoms with Crippen LogP contribution < -0.4 is 5.32 Å². The minimum Gasteiger partial charge on any atom is -0.349 e. The van der Waals surface area contributed by atoms with Gasteiger partial charge in [-0.2, -0.15) is 0 Å². The van der Waals surface area contributed by atoms with Crippen LogP contribution >= 0.6 is 11.6 Å². The van der Waals surface area contributed by atoms with Gasteiger partial charge in [-0.15, -0.1) is 0 Å². The van der Waals surface area contributed by atoms with Crippen LogP contribution in [0.2, 0.25) is 5.02 Å². The zero-order valence-corrected chi connectivity index (χ0v) is 17.5. The molecule has 1 aliphatic heterocycles. The lowest BCUT2D eigenvalue weighted by Gasteiger charge is -2.32. The van der Waals surface area contributed by atoms with Gasteiger partial charge in [0.05, 0.1) is 6.04 Å². The maximum Gasteiger partial charge on any atom is 0.223 e. The van der Waals surface area contributed by atoms with Gasteiger partial charge >= 0.3 is 0 Å². The number of hydrogen-bond acceptors (Lipinski definition) is 2. The molecule has 1 amide bonds. The molecule has 2 aromatic carbocycles. The molecule has 0 aromatic heterocycles. The Bertz CT molecular complexity index is 826. The van der Waals surface area contributed by atoms with E-state index in [4.69, 9.17) is 11.6 Å². The van der Waals surface area contributed by atoms with Crippen LogP contribution in [-0.2, 0) is 11.3 Å². The van der Waals surface area contributed by atoms with Crippen LogP contribution in [0.5, 0.6) is 0 Å². The maximum atomic E-state index is 14.0. The Kier molecular flexibility index (Phi) is 6.73. The van der Waals surface area contributed by atoms with E-state index in [2.05, 4.69) is 42.3 Å². The van der Waals surface area contributed by atoms with Crippen LogP contribution in [0.15, 0.2) is 36.4 Å². The van der Waals surface area contributed by atoms with Crippen molar-refractivity contribution < 1.29 is 9.18 Å². The average molecular weight is 403 g/mol. The van der Waals surface area contributed by atoms with Crippen molar-refractivity contribution in [3.05, 3.63) is 69.5 Å². The fourth-order valence-electron chi connectivity index (χ4n) is 3.71. The standard InChI is InChI=1S/C23H28ClFN2O/c1-15-7-8-19(13-16(15)2)17(3)26-23(28)18-9-11-27(12-10-18)14-20-21(24)5-4-6-22(20)25/h4-8,13,17-18H,9-12,14H2,1-3H3,(H,26,28)/t17-/m0/s1. The summed E-state index contributed by atoms with van der Waals surface area (Å²) in [5.41, 5.74) is 4.15. The van der Waals surface area contributed by atoms with E-state index in [1.807, 2.05) is 6.92 Å². The highest BCUT2D eigenvalue weighted by molar-refractivity contribution is 6.31. The van der Waals surface area contributed by atoms with Crippen molar-refractivity contribution in [3.63, 3.8) is 0 Å². The summed E-state index contributed by atoms with van der Waals surface area (Å²) in [6, 6.07) is 11.1. The molecule has 3 nitrogen and oxygen atoms in total. The largest absolute Gasteiger partial charge is 0.349 e. The molecule has 28 heavy (non-hydrogen) atoms. The Labute approximate surface area is 171 Å². The van der Waals surface area contributed by atoms with E-state index in [-0.39, 0.29) is 23.7 Å². The van der Waals surface area contributed by atoms with E-state index in [0.29, 0.717) is 17.1 Å². The molecule has 2 aromatic rings. The number of likely N-dealkylation sites (tertiary alicyclic amines) is 1. The third kappa shape index (κ3) is 4.92. The summed E-state index contributed by atoms with van der Waals surface area (Å²) >= 11 is 6.13. The summed E-state index contributed by atoms with van der Waals surface area (Å²) in [5, 5.41) is 3.62. The normalized spacial score (nSPS) is 16.8. The van der Waals surface area contributed by atoms with E-state index in [1.54, 1.807) is 12.1 Å². The molecule has 3 rings (SSSR count). The van der Waals surface area contributed by atoms with Crippen LogP contribution in [-0.4, -0.2) is 23.9 Å². The Balaban J connectivity index is 1.53. The fraction of sp³-hybridized carbons (Fsp3) is 0.435. The molecular formula is C23H28ClFN2O. The molecule has 1 N–H and O–H groups in total. The van der Waals surface area contributed by atoms with Crippen molar-refractivity contribution in [2.75, 3.05) is 13.1 Å². The molecule has 0 aliphatic carbocycles. The summed E-state index contributed by atoms with van der Waals surface area (Å²) < 4.78 is 14.0. The van der Waals surface area contributed by atoms with Crippen LogP contribution in [0.1, 0.15) is 48.1 Å². The molecule has 1 atom stereocenters. The Morgan fingerprint density at radius 3 is 2.57 bits per heavy atom. The van der Waals surface area contributed by atoms with E-state index in [0.717, 1.165) is 31.5 Å². The quantitative estimate of drug-likeness (QED) is 0.746. The first-order valence-corrected chi connectivity index (χ1v) is 10.3. The van der Waals surface area contributed by atoms with Gasteiger partial charge in [-0.05, 0) is 75.5 Å². The lowest BCUT2D eigenvalue weighted by Crippen LogP contribution is -2.41. The highest BCUT2D eigenvalue weighted by Crippen LogP contribution is 2.25. The van der Waals surface area contributed by atoms with Gasteiger partial charge in [-0.3, -0.25) is 9.69 Å². The SMILES string of the molecule is Cc1ccc([C@H](C)NC(=O)C2CCN(Cc3c(F)cccc3Cl)CC2)cc1C. The van der Waals surface area contributed by atoms with E-state index < -0.39 is 0 Å². The number of nitrogens with zero attached hydrogens (tertiary/aromatic N) is 1. The topological polar surface area (TPSA) is 32.3 Å². The summed E-state index contributed by atoms with van der Waals surface area (Å²) in [4.78, 5) is 14.9. The van der Waals surface area contributed by atoms with Gasteiger partial charge in [0.25, 0.3) is 0 Å². The van der Waals surface area contributed by atoms with Crippen LogP contribution in [0.3, 0.4) is 0 Å². The van der Waals surface area contributed by atoms with Crippen molar-refractivity contribution in [2.24, 2.45) is 5.92 Å².